The molecule has 0 aliphatic carbocycles. The average molecular weight is 537 g/mol. The molecular formula is C26H18F7N3O2. The van der Waals surface area contributed by atoms with Crippen LogP contribution in [0.25, 0.3) is 0 Å². The van der Waals surface area contributed by atoms with E-state index >= 15 is 0 Å². The fourth-order valence-electron chi connectivity index (χ4n) is 3.94. The number of aliphatic imine (C=N–C) groups is 1. The minimum Gasteiger partial charge on any atom is -0.326 e. The summed E-state index contributed by atoms with van der Waals surface area (Å²) in [5.74, 6) is -3.53. The number of amides is 2. The zero-order chi connectivity index (χ0) is 27.7. The molecule has 1 aliphatic heterocycles. The number of hydrogen-bond acceptors (Lipinski definition) is 3. The molecule has 1 heterocycles. The number of alkyl halides is 6. The Kier molecular flexibility index (Phi) is 7.25. The number of halogens is 7. The van der Waals surface area contributed by atoms with Crippen LogP contribution >= 0.6 is 0 Å². The van der Waals surface area contributed by atoms with Crippen molar-refractivity contribution in [3.8, 4) is 0 Å². The van der Waals surface area contributed by atoms with Crippen molar-refractivity contribution in [3.63, 3.8) is 0 Å². The van der Waals surface area contributed by atoms with Crippen LogP contribution in [0.2, 0.25) is 0 Å². The van der Waals surface area contributed by atoms with Crippen molar-refractivity contribution in [2.24, 2.45) is 4.99 Å². The summed E-state index contributed by atoms with van der Waals surface area (Å²) in [6, 6.07) is 15.7. The van der Waals surface area contributed by atoms with Crippen molar-refractivity contribution >= 4 is 23.2 Å². The third-order valence-electron chi connectivity index (χ3n) is 5.62. The van der Waals surface area contributed by atoms with Gasteiger partial charge in [0, 0.05) is 11.1 Å². The van der Waals surface area contributed by atoms with Crippen molar-refractivity contribution in [2.75, 3.05) is 11.4 Å². The number of hydrogen-bond donors (Lipinski definition) is 1. The zero-order valence-corrected chi connectivity index (χ0v) is 19.3. The third kappa shape index (κ3) is 6.01. The molecular weight excluding hydrogens is 519 g/mol. The topological polar surface area (TPSA) is 61.8 Å². The number of carbonyl (C=O) groups is 2. The monoisotopic (exact) mass is 537 g/mol. The first kappa shape index (κ1) is 26.8. The van der Waals surface area contributed by atoms with E-state index in [1.54, 1.807) is 36.4 Å². The molecule has 5 nitrogen and oxygen atoms in total. The molecule has 3 aromatic rings. The number of benzene rings is 3. The second-order valence-corrected chi connectivity index (χ2v) is 8.35. The highest BCUT2D eigenvalue weighted by Crippen LogP contribution is 2.32. The van der Waals surface area contributed by atoms with Gasteiger partial charge in [0.15, 0.2) is 0 Å². The van der Waals surface area contributed by atoms with Gasteiger partial charge in [-0.05, 0) is 23.8 Å². The lowest BCUT2D eigenvalue weighted by atomic mass is 10.0. The number of carbonyl (C=O) groups excluding carboxylic acids is 2. The predicted octanol–water partition coefficient (Wildman–Crippen LogP) is 5.28. The van der Waals surface area contributed by atoms with Crippen LogP contribution in [-0.4, -0.2) is 36.4 Å². The Morgan fingerprint density at radius 2 is 1.58 bits per heavy atom. The van der Waals surface area contributed by atoms with Gasteiger partial charge in [0.2, 0.25) is 12.1 Å². The third-order valence-corrected chi connectivity index (χ3v) is 5.62. The van der Waals surface area contributed by atoms with E-state index in [-0.39, 0.29) is 23.0 Å². The molecule has 0 unspecified atom stereocenters. The number of anilines is 1. The molecule has 1 N–H and O–H groups in total. The summed E-state index contributed by atoms with van der Waals surface area (Å²) < 4.78 is 93.1. The molecule has 4 rings (SSSR count). The second kappa shape index (κ2) is 10.3. The zero-order valence-electron chi connectivity index (χ0n) is 19.3. The molecule has 0 saturated carbocycles. The van der Waals surface area contributed by atoms with Crippen LogP contribution < -0.4 is 10.2 Å². The van der Waals surface area contributed by atoms with Gasteiger partial charge in [-0.3, -0.25) is 14.5 Å². The van der Waals surface area contributed by atoms with Crippen molar-refractivity contribution in [1.82, 2.24) is 5.32 Å². The molecule has 1 aliphatic rings. The van der Waals surface area contributed by atoms with Gasteiger partial charge in [-0.1, -0.05) is 54.6 Å². The summed E-state index contributed by atoms with van der Waals surface area (Å²) >= 11 is 0. The van der Waals surface area contributed by atoms with Crippen molar-refractivity contribution in [2.45, 2.75) is 24.9 Å². The lowest BCUT2D eigenvalue weighted by Crippen LogP contribution is -2.50. The Hall–Kier alpha value is -4.22. The predicted molar refractivity (Wildman–Crippen MR) is 124 cm³/mol. The van der Waals surface area contributed by atoms with Gasteiger partial charge in [0.05, 0.1) is 23.4 Å². The molecule has 3 aromatic carbocycles. The van der Waals surface area contributed by atoms with Gasteiger partial charge >= 0.3 is 12.4 Å². The Balaban J connectivity index is 1.70. The van der Waals surface area contributed by atoms with Gasteiger partial charge in [-0.15, -0.1) is 0 Å². The number of nitrogens with one attached hydrogen (secondary N) is 1. The molecule has 12 heteroatoms. The minimum absolute atomic E-state index is 0.0806. The van der Waals surface area contributed by atoms with Gasteiger partial charge in [-0.2, -0.15) is 26.3 Å². The van der Waals surface area contributed by atoms with E-state index in [2.05, 4.69) is 10.3 Å². The van der Waals surface area contributed by atoms with Crippen molar-refractivity contribution < 1.29 is 40.3 Å². The van der Waals surface area contributed by atoms with E-state index in [0.29, 0.717) is 16.5 Å². The molecule has 2 amide bonds. The number of benzodiazepines with no additional fused rings is 1. The highest BCUT2D eigenvalue weighted by molar-refractivity contribution is 6.20. The van der Waals surface area contributed by atoms with Gasteiger partial charge in [0.1, 0.15) is 12.4 Å². The van der Waals surface area contributed by atoms with E-state index in [9.17, 15) is 40.3 Å². The van der Waals surface area contributed by atoms with Crippen LogP contribution in [0.3, 0.4) is 0 Å². The molecule has 0 saturated heterocycles. The summed E-state index contributed by atoms with van der Waals surface area (Å²) in [6.45, 7) is -1.67. The first-order valence-corrected chi connectivity index (χ1v) is 11.1. The largest absolute Gasteiger partial charge is 0.416 e. The number of para-hydroxylation sites is 1. The molecule has 0 aromatic heterocycles. The summed E-state index contributed by atoms with van der Waals surface area (Å²) in [4.78, 5) is 30.7. The van der Waals surface area contributed by atoms with E-state index in [1.165, 1.54) is 18.2 Å². The molecule has 198 valence electrons. The van der Waals surface area contributed by atoms with Crippen LogP contribution in [0.5, 0.6) is 0 Å². The van der Waals surface area contributed by atoms with E-state index in [1.807, 2.05) is 0 Å². The van der Waals surface area contributed by atoms with Gasteiger partial charge in [-0.25, -0.2) is 9.38 Å². The van der Waals surface area contributed by atoms with E-state index in [0.717, 1.165) is 6.07 Å². The Morgan fingerprint density at radius 1 is 0.921 bits per heavy atom. The summed E-state index contributed by atoms with van der Waals surface area (Å²) in [6.07, 6.45) is -12.2. The van der Waals surface area contributed by atoms with Gasteiger partial charge < -0.3 is 5.32 Å². The molecule has 0 fully saturated rings. The maximum atomic E-state index is 14.3. The Labute approximate surface area is 211 Å². The van der Waals surface area contributed by atoms with Crippen LogP contribution in [0.1, 0.15) is 22.3 Å². The minimum atomic E-state index is -4.80. The maximum absolute atomic E-state index is 14.3. The standard InChI is InChI=1S/C26H18F7N3O2/c27-19-13-17(26(31,32)33)11-10-16(19)12-21(37)34-23-24(38)36(14-25(28,29)30)20-9-5-4-8-18(20)22(35-23)15-6-2-1-3-7-15/h1-11,13,23H,12,14H2,(H,34,37)/t23-/m1/s1. The van der Waals surface area contributed by atoms with E-state index in [4.69, 9.17) is 0 Å². The normalized spacial score (nSPS) is 16.0. The Bertz CT molecular complexity index is 1390. The van der Waals surface area contributed by atoms with Gasteiger partial charge in [0.25, 0.3) is 5.91 Å². The second-order valence-electron chi connectivity index (χ2n) is 8.35. The molecule has 0 radical (unpaired) electrons. The molecule has 0 bridgehead atoms. The number of rotatable bonds is 5. The summed E-state index contributed by atoms with van der Waals surface area (Å²) in [7, 11) is 0. The molecule has 1 atom stereocenters. The SMILES string of the molecule is O=C(Cc1ccc(C(F)(F)F)cc1F)N[C@@H]1N=C(c2ccccc2)c2ccccc2N(CC(F)(F)F)C1=O. The average Bonchev–Trinajstić information content (AvgIpc) is 2.95. The fourth-order valence-corrected chi connectivity index (χ4v) is 3.94. The summed E-state index contributed by atoms with van der Waals surface area (Å²) in [5, 5.41) is 2.21. The highest BCUT2D eigenvalue weighted by atomic mass is 19.4. The van der Waals surface area contributed by atoms with Crippen LogP contribution in [0, 0.1) is 5.82 Å². The number of nitrogens with zero attached hydrogens (tertiary/aromatic N) is 2. The molecule has 0 spiro atoms. The lowest BCUT2D eigenvalue weighted by Gasteiger charge is -2.26. The van der Waals surface area contributed by atoms with Crippen LogP contribution in [-0.2, 0) is 22.2 Å². The smallest absolute Gasteiger partial charge is 0.326 e. The van der Waals surface area contributed by atoms with Crippen molar-refractivity contribution in [3.05, 3.63) is 101 Å². The van der Waals surface area contributed by atoms with Crippen LogP contribution in [0.4, 0.5) is 36.4 Å². The fraction of sp³-hybridized carbons (Fsp3) is 0.192. The van der Waals surface area contributed by atoms with Crippen LogP contribution in [0.15, 0.2) is 77.8 Å². The first-order chi connectivity index (χ1) is 17.8. The lowest BCUT2D eigenvalue weighted by molar-refractivity contribution is -0.137. The maximum Gasteiger partial charge on any atom is 0.416 e. The highest BCUT2D eigenvalue weighted by Gasteiger charge is 2.40. The quantitative estimate of drug-likeness (QED) is 0.451. The summed E-state index contributed by atoms with van der Waals surface area (Å²) in [5.41, 5.74) is -0.945. The van der Waals surface area contributed by atoms with Crippen molar-refractivity contribution in [1.29, 1.82) is 0 Å². The molecule has 38 heavy (non-hydrogen) atoms. The van der Waals surface area contributed by atoms with E-state index < -0.39 is 60.2 Å². The Morgan fingerprint density at radius 3 is 2.21 bits per heavy atom. The number of fused-ring (bicyclic) bond motifs is 1. The first-order valence-electron chi connectivity index (χ1n) is 11.1.